The van der Waals surface area contributed by atoms with Gasteiger partial charge in [-0.3, -0.25) is 9.69 Å². The molecule has 0 spiro atoms. The van der Waals surface area contributed by atoms with E-state index in [2.05, 4.69) is 15.8 Å². The summed E-state index contributed by atoms with van der Waals surface area (Å²) in [5, 5.41) is 8.69. The summed E-state index contributed by atoms with van der Waals surface area (Å²) in [5.74, 6) is -0.262. The zero-order valence-electron chi connectivity index (χ0n) is 16.5. The third-order valence-corrected chi connectivity index (χ3v) is 5.09. The molecule has 1 unspecified atom stereocenters. The fraction of sp³-hybridized carbons (Fsp3) is 0.318. The molecule has 0 saturated heterocycles. The van der Waals surface area contributed by atoms with Gasteiger partial charge in [-0.1, -0.05) is 36.4 Å². The third kappa shape index (κ3) is 4.10. The number of benzene rings is 2. The number of likely N-dealkylation sites (N-methyl/N-ethyl adjacent to an activating group) is 1. The Hall–Kier alpha value is -3.47. The van der Waals surface area contributed by atoms with Crippen molar-refractivity contribution in [1.82, 2.24) is 4.90 Å². The van der Waals surface area contributed by atoms with E-state index in [4.69, 9.17) is 11.0 Å². The number of ether oxygens (including phenoxy) is 1. The predicted molar refractivity (Wildman–Crippen MR) is 108 cm³/mol. The van der Waals surface area contributed by atoms with Gasteiger partial charge >= 0.3 is 6.61 Å². The fourth-order valence-corrected chi connectivity index (χ4v) is 3.55. The van der Waals surface area contributed by atoms with Crippen LogP contribution in [0.3, 0.4) is 0 Å². The van der Waals surface area contributed by atoms with Crippen molar-refractivity contribution in [2.45, 2.75) is 37.8 Å². The van der Waals surface area contributed by atoms with Crippen molar-refractivity contribution in [3.63, 3.8) is 0 Å². The number of guanidine groups is 1. The van der Waals surface area contributed by atoms with E-state index in [1.807, 2.05) is 18.2 Å². The van der Waals surface area contributed by atoms with E-state index < -0.39 is 12.2 Å². The molecule has 1 aliphatic heterocycles. The van der Waals surface area contributed by atoms with E-state index in [9.17, 15) is 13.6 Å². The Morgan fingerprint density at radius 3 is 2.53 bits per heavy atom. The highest BCUT2D eigenvalue weighted by atomic mass is 19.3. The molecule has 1 amide bonds. The van der Waals surface area contributed by atoms with Gasteiger partial charge in [-0.05, 0) is 48.1 Å². The number of hydrogen-bond donors (Lipinski definition) is 1. The van der Waals surface area contributed by atoms with E-state index in [-0.39, 0.29) is 17.6 Å². The van der Waals surface area contributed by atoms with Crippen molar-refractivity contribution in [3.8, 4) is 11.8 Å². The third-order valence-electron chi connectivity index (χ3n) is 5.09. The van der Waals surface area contributed by atoms with Gasteiger partial charge in [0.15, 0.2) is 11.5 Å². The Kier molecular flexibility index (Phi) is 6.31. The molecule has 1 atom stereocenters. The standard InChI is InChI=1S/C22H22F2N4O2/c1-28-19(29)22(27-21(28)26,16-9-11-18(12-10-16)30-20(23)24)17-8-5-7-15(14-17)6-3-2-4-13-25/h5,7-12,14,20H,2-4,6H2,1H3,(H2,26,27). The summed E-state index contributed by atoms with van der Waals surface area (Å²) in [6.07, 6.45) is 2.91. The van der Waals surface area contributed by atoms with E-state index in [1.165, 1.54) is 17.0 Å². The second kappa shape index (κ2) is 8.91. The molecular weight excluding hydrogens is 390 g/mol. The van der Waals surface area contributed by atoms with Crippen LogP contribution in [0.4, 0.5) is 8.78 Å². The van der Waals surface area contributed by atoms with Crippen LogP contribution in [0.15, 0.2) is 53.5 Å². The average molecular weight is 412 g/mol. The monoisotopic (exact) mass is 412 g/mol. The van der Waals surface area contributed by atoms with Crippen LogP contribution in [-0.4, -0.2) is 30.4 Å². The van der Waals surface area contributed by atoms with E-state index >= 15 is 0 Å². The van der Waals surface area contributed by atoms with Gasteiger partial charge in [0.25, 0.3) is 5.91 Å². The van der Waals surface area contributed by atoms with Crippen LogP contribution in [0.1, 0.15) is 36.0 Å². The van der Waals surface area contributed by atoms with Crippen LogP contribution >= 0.6 is 0 Å². The minimum Gasteiger partial charge on any atom is -0.435 e. The number of hydrogen-bond acceptors (Lipinski definition) is 5. The highest BCUT2D eigenvalue weighted by Gasteiger charge is 2.49. The number of carbonyl (C=O) groups excluding carboxylic acids is 1. The molecule has 0 aromatic heterocycles. The minimum absolute atomic E-state index is 0.00843. The second-order valence-corrected chi connectivity index (χ2v) is 7.01. The molecular formula is C22H22F2N4O2. The molecule has 2 aromatic rings. The minimum atomic E-state index is -2.93. The Morgan fingerprint density at radius 2 is 1.93 bits per heavy atom. The van der Waals surface area contributed by atoms with E-state index in [0.29, 0.717) is 17.5 Å². The molecule has 2 N–H and O–H groups in total. The number of aryl methyl sites for hydroxylation is 1. The summed E-state index contributed by atoms with van der Waals surface area (Å²) in [5.41, 5.74) is 6.72. The van der Waals surface area contributed by atoms with Gasteiger partial charge in [0, 0.05) is 13.5 Å². The van der Waals surface area contributed by atoms with Gasteiger partial charge in [0.2, 0.25) is 0 Å². The largest absolute Gasteiger partial charge is 0.435 e. The van der Waals surface area contributed by atoms with Crippen molar-refractivity contribution in [2.75, 3.05) is 7.05 Å². The van der Waals surface area contributed by atoms with Gasteiger partial charge in [-0.2, -0.15) is 14.0 Å². The van der Waals surface area contributed by atoms with Crippen LogP contribution in [0.25, 0.3) is 0 Å². The molecule has 6 nitrogen and oxygen atoms in total. The van der Waals surface area contributed by atoms with Crippen molar-refractivity contribution in [1.29, 1.82) is 5.26 Å². The summed E-state index contributed by atoms with van der Waals surface area (Å²) in [7, 11) is 1.54. The number of halogens is 2. The lowest BCUT2D eigenvalue weighted by molar-refractivity contribution is -0.129. The fourth-order valence-electron chi connectivity index (χ4n) is 3.55. The first-order valence-electron chi connectivity index (χ1n) is 9.53. The summed E-state index contributed by atoms with van der Waals surface area (Å²) in [4.78, 5) is 19.0. The SMILES string of the molecule is CN1C(=O)C(c2ccc(OC(F)F)cc2)(c2cccc(CCCCC#N)c2)N=C1N. The molecule has 0 aliphatic carbocycles. The Labute approximate surface area is 173 Å². The normalized spacial score (nSPS) is 18.4. The maximum atomic E-state index is 13.3. The number of alkyl halides is 2. The van der Waals surface area contributed by atoms with Gasteiger partial charge in [0.1, 0.15) is 5.75 Å². The summed E-state index contributed by atoms with van der Waals surface area (Å²) >= 11 is 0. The highest BCUT2D eigenvalue weighted by molar-refractivity contribution is 6.08. The van der Waals surface area contributed by atoms with Crippen molar-refractivity contribution in [3.05, 3.63) is 65.2 Å². The maximum absolute atomic E-state index is 13.3. The molecule has 3 rings (SSSR count). The molecule has 30 heavy (non-hydrogen) atoms. The second-order valence-electron chi connectivity index (χ2n) is 7.01. The van der Waals surface area contributed by atoms with Gasteiger partial charge < -0.3 is 10.5 Å². The Bertz CT molecular complexity index is 985. The maximum Gasteiger partial charge on any atom is 0.387 e. The molecule has 0 bridgehead atoms. The molecule has 156 valence electrons. The quantitative estimate of drug-likeness (QED) is 0.671. The first kappa shape index (κ1) is 21.2. The number of nitrogens with two attached hydrogens (primary N) is 1. The average Bonchev–Trinajstić information content (AvgIpc) is 2.96. The number of nitrogens with zero attached hydrogens (tertiary/aromatic N) is 3. The molecule has 0 saturated carbocycles. The smallest absolute Gasteiger partial charge is 0.387 e. The lowest BCUT2D eigenvalue weighted by atomic mass is 9.82. The van der Waals surface area contributed by atoms with Crippen molar-refractivity contribution < 1.29 is 18.3 Å². The highest BCUT2D eigenvalue weighted by Crippen LogP contribution is 2.40. The van der Waals surface area contributed by atoms with Crippen LogP contribution in [0.5, 0.6) is 5.75 Å². The van der Waals surface area contributed by atoms with Gasteiger partial charge in [-0.25, -0.2) is 4.99 Å². The summed E-state index contributed by atoms with van der Waals surface area (Å²) < 4.78 is 29.4. The van der Waals surface area contributed by atoms with E-state index in [0.717, 1.165) is 24.8 Å². The van der Waals surface area contributed by atoms with Crippen LogP contribution in [0.2, 0.25) is 0 Å². The zero-order valence-corrected chi connectivity index (χ0v) is 16.5. The van der Waals surface area contributed by atoms with Crippen molar-refractivity contribution >= 4 is 11.9 Å². The number of nitriles is 1. The topological polar surface area (TPSA) is 91.7 Å². The number of amides is 1. The summed E-state index contributed by atoms with van der Waals surface area (Å²) in [6.45, 7) is -2.93. The first-order chi connectivity index (χ1) is 14.4. The summed E-state index contributed by atoms with van der Waals surface area (Å²) in [6, 6.07) is 15.5. The molecule has 2 aromatic carbocycles. The molecule has 1 heterocycles. The van der Waals surface area contributed by atoms with Crippen LogP contribution < -0.4 is 10.5 Å². The molecule has 1 aliphatic rings. The first-order valence-corrected chi connectivity index (χ1v) is 9.53. The number of aliphatic imine (C=N–C) groups is 1. The Balaban J connectivity index is 2.01. The van der Waals surface area contributed by atoms with Crippen molar-refractivity contribution in [2.24, 2.45) is 10.7 Å². The van der Waals surface area contributed by atoms with Gasteiger partial charge in [0.05, 0.1) is 6.07 Å². The number of carbonyl (C=O) groups is 1. The predicted octanol–water partition coefficient (Wildman–Crippen LogP) is 3.55. The lowest BCUT2D eigenvalue weighted by Crippen LogP contribution is -2.41. The Morgan fingerprint density at radius 1 is 1.20 bits per heavy atom. The van der Waals surface area contributed by atoms with Gasteiger partial charge in [-0.15, -0.1) is 0 Å². The van der Waals surface area contributed by atoms with Crippen LogP contribution in [0, 0.1) is 11.3 Å². The molecule has 0 fully saturated rings. The van der Waals surface area contributed by atoms with E-state index in [1.54, 1.807) is 25.2 Å². The molecule has 8 heteroatoms. The molecule has 0 radical (unpaired) electrons. The van der Waals surface area contributed by atoms with Crippen LogP contribution in [-0.2, 0) is 16.8 Å². The number of unbranched alkanes of at least 4 members (excludes halogenated alkanes) is 2. The number of rotatable bonds is 8. The zero-order chi connectivity index (χ0) is 21.7. The lowest BCUT2D eigenvalue weighted by Gasteiger charge is -2.26.